The second-order valence-electron chi connectivity index (χ2n) is 4.75. The van der Waals surface area contributed by atoms with Crippen LogP contribution in [0.5, 0.6) is 5.75 Å². The molecule has 104 valence electrons. The first kappa shape index (κ1) is 13.1. The summed E-state index contributed by atoms with van der Waals surface area (Å²) in [6.07, 6.45) is 3.00. The maximum absolute atomic E-state index is 12.6. The number of fused-ring (bicyclic) bond motifs is 1. The number of benzene rings is 1. The standard InChI is InChI=1S/C15H16N2O2S/c1-19-14-7-4-6-13-11(14)5-2-3-8-17(13)15(18)12-9-20-10-16-12/h4,6-7,9-10H,2-3,5,8H2,1H3. The molecule has 0 fully saturated rings. The zero-order valence-corrected chi connectivity index (χ0v) is 12.2. The molecule has 0 bridgehead atoms. The summed E-state index contributed by atoms with van der Waals surface area (Å²) >= 11 is 1.44. The van der Waals surface area contributed by atoms with Crippen molar-refractivity contribution in [2.75, 3.05) is 18.6 Å². The van der Waals surface area contributed by atoms with E-state index in [1.165, 1.54) is 11.3 Å². The maximum Gasteiger partial charge on any atom is 0.277 e. The Morgan fingerprint density at radius 3 is 3.05 bits per heavy atom. The predicted molar refractivity (Wildman–Crippen MR) is 79.7 cm³/mol. The molecule has 3 rings (SSSR count). The normalized spacial score (nSPS) is 14.6. The van der Waals surface area contributed by atoms with Gasteiger partial charge in [-0.2, -0.15) is 0 Å². The molecule has 1 aliphatic heterocycles. The van der Waals surface area contributed by atoms with Crippen molar-refractivity contribution < 1.29 is 9.53 Å². The predicted octanol–water partition coefficient (Wildman–Crippen LogP) is 3.13. The van der Waals surface area contributed by atoms with Crippen LogP contribution in [-0.2, 0) is 6.42 Å². The molecular formula is C15H16N2O2S. The van der Waals surface area contributed by atoms with E-state index in [-0.39, 0.29) is 5.91 Å². The quantitative estimate of drug-likeness (QED) is 0.852. The van der Waals surface area contributed by atoms with E-state index in [1.54, 1.807) is 18.0 Å². The Bertz CT molecular complexity index is 610. The third-order valence-electron chi connectivity index (χ3n) is 3.57. The zero-order valence-electron chi connectivity index (χ0n) is 11.3. The van der Waals surface area contributed by atoms with E-state index in [1.807, 2.05) is 23.1 Å². The van der Waals surface area contributed by atoms with E-state index in [9.17, 15) is 4.79 Å². The fourth-order valence-electron chi connectivity index (χ4n) is 2.61. The summed E-state index contributed by atoms with van der Waals surface area (Å²) in [5.41, 5.74) is 4.29. The van der Waals surface area contributed by atoms with Crippen LogP contribution in [0.25, 0.3) is 0 Å². The molecule has 20 heavy (non-hydrogen) atoms. The second kappa shape index (κ2) is 5.63. The summed E-state index contributed by atoms with van der Waals surface area (Å²) in [5.74, 6) is 0.836. The summed E-state index contributed by atoms with van der Waals surface area (Å²) in [5, 5.41) is 1.80. The summed E-state index contributed by atoms with van der Waals surface area (Å²) in [7, 11) is 1.67. The fraction of sp³-hybridized carbons (Fsp3) is 0.333. The molecule has 0 spiro atoms. The molecule has 1 amide bonds. The number of aromatic nitrogens is 1. The molecule has 1 aromatic heterocycles. The van der Waals surface area contributed by atoms with E-state index in [0.717, 1.165) is 42.8 Å². The molecule has 0 atom stereocenters. The Balaban J connectivity index is 2.03. The van der Waals surface area contributed by atoms with Gasteiger partial charge in [-0.15, -0.1) is 11.3 Å². The third-order valence-corrected chi connectivity index (χ3v) is 4.16. The van der Waals surface area contributed by atoms with Gasteiger partial charge in [-0.3, -0.25) is 4.79 Å². The Kier molecular flexibility index (Phi) is 3.69. The van der Waals surface area contributed by atoms with Crippen LogP contribution >= 0.6 is 11.3 Å². The van der Waals surface area contributed by atoms with Gasteiger partial charge in [-0.1, -0.05) is 6.07 Å². The molecule has 1 aliphatic rings. The van der Waals surface area contributed by atoms with E-state index in [4.69, 9.17) is 4.74 Å². The smallest absolute Gasteiger partial charge is 0.277 e. The summed E-state index contributed by atoms with van der Waals surface area (Å²) < 4.78 is 5.44. The molecule has 2 heterocycles. The summed E-state index contributed by atoms with van der Waals surface area (Å²) in [6.45, 7) is 0.733. The van der Waals surface area contributed by atoms with Gasteiger partial charge in [0.1, 0.15) is 11.4 Å². The highest BCUT2D eigenvalue weighted by atomic mass is 32.1. The second-order valence-corrected chi connectivity index (χ2v) is 5.46. The minimum Gasteiger partial charge on any atom is -0.496 e. The number of rotatable bonds is 2. The van der Waals surface area contributed by atoms with E-state index < -0.39 is 0 Å². The van der Waals surface area contributed by atoms with Crippen LogP contribution in [0.2, 0.25) is 0 Å². The first-order chi connectivity index (χ1) is 9.81. The van der Waals surface area contributed by atoms with Crippen LogP contribution in [0.4, 0.5) is 5.69 Å². The molecule has 0 N–H and O–H groups in total. The molecule has 2 aromatic rings. The summed E-state index contributed by atoms with van der Waals surface area (Å²) in [6, 6.07) is 5.88. The van der Waals surface area contributed by atoms with Crippen LogP contribution in [0.15, 0.2) is 29.1 Å². The zero-order chi connectivity index (χ0) is 13.9. The molecule has 0 unspecified atom stereocenters. The van der Waals surface area contributed by atoms with E-state index in [2.05, 4.69) is 4.98 Å². The van der Waals surface area contributed by atoms with Crippen LogP contribution < -0.4 is 9.64 Å². The van der Waals surface area contributed by atoms with Crippen molar-refractivity contribution in [2.45, 2.75) is 19.3 Å². The summed E-state index contributed by atoms with van der Waals surface area (Å²) in [4.78, 5) is 18.6. The number of methoxy groups -OCH3 is 1. The number of nitrogens with zero attached hydrogens (tertiary/aromatic N) is 2. The van der Waals surface area contributed by atoms with Gasteiger partial charge in [0.2, 0.25) is 0 Å². The Labute approximate surface area is 122 Å². The minimum atomic E-state index is -0.0253. The molecule has 5 heteroatoms. The Hall–Kier alpha value is -1.88. The van der Waals surface area contributed by atoms with Crippen molar-refractivity contribution >= 4 is 22.9 Å². The lowest BCUT2D eigenvalue weighted by Crippen LogP contribution is -2.32. The topological polar surface area (TPSA) is 42.4 Å². The number of hydrogen-bond donors (Lipinski definition) is 0. The van der Waals surface area contributed by atoms with Crippen molar-refractivity contribution in [3.8, 4) is 5.75 Å². The Morgan fingerprint density at radius 1 is 1.40 bits per heavy atom. The lowest BCUT2D eigenvalue weighted by atomic mass is 10.1. The first-order valence-corrected chi connectivity index (χ1v) is 7.61. The minimum absolute atomic E-state index is 0.0253. The average molecular weight is 288 g/mol. The van der Waals surface area contributed by atoms with Gasteiger partial charge >= 0.3 is 0 Å². The van der Waals surface area contributed by atoms with Gasteiger partial charge in [-0.05, 0) is 31.4 Å². The van der Waals surface area contributed by atoms with Crippen LogP contribution in [0.3, 0.4) is 0 Å². The largest absolute Gasteiger partial charge is 0.496 e. The van der Waals surface area contributed by atoms with Gasteiger partial charge in [-0.25, -0.2) is 4.98 Å². The third kappa shape index (κ3) is 2.29. The van der Waals surface area contributed by atoms with Crippen molar-refractivity contribution in [2.24, 2.45) is 0 Å². The lowest BCUT2D eigenvalue weighted by molar-refractivity contribution is 0.0983. The molecular weight excluding hydrogens is 272 g/mol. The molecule has 0 aliphatic carbocycles. The van der Waals surface area contributed by atoms with Gasteiger partial charge in [0, 0.05) is 17.5 Å². The molecule has 0 radical (unpaired) electrons. The fourth-order valence-corrected chi connectivity index (χ4v) is 3.13. The number of anilines is 1. The van der Waals surface area contributed by atoms with Crippen molar-refractivity contribution in [3.63, 3.8) is 0 Å². The Morgan fingerprint density at radius 2 is 2.30 bits per heavy atom. The van der Waals surface area contributed by atoms with E-state index >= 15 is 0 Å². The van der Waals surface area contributed by atoms with Crippen molar-refractivity contribution in [1.29, 1.82) is 0 Å². The average Bonchev–Trinajstić information content (AvgIpc) is 2.93. The van der Waals surface area contributed by atoms with Gasteiger partial charge in [0.15, 0.2) is 0 Å². The highest BCUT2D eigenvalue weighted by Crippen LogP contribution is 2.34. The lowest BCUT2D eigenvalue weighted by Gasteiger charge is -2.23. The van der Waals surface area contributed by atoms with Crippen molar-refractivity contribution in [1.82, 2.24) is 4.98 Å². The van der Waals surface area contributed by atoms with Gasteiger partial charge in [0.05, 0.1) is 18.3 Å². The number of ether oxygens (including phenoxy) is 1. The van der Waals surface area contributed by atoms with Crippen LogP contribution in [-0.4, -0.2) is 24.5 Å². The monoisotopic (exact) mass is 288 g/mol. The number of hydrogen-bond acceptors (Lipinski definition) is 4. The number of carbonyl (C=O) groups is 1. The van der Waals surface area contributed by atoms with Crippen LogP contribution in [0, 0.1) is 0 Å². The molecule has 4 nitrogen and oxygen atoms in total. The first-order valence-electron chi connectivity index (χ1n) is 6.67. The molecule has 0 saturated heterocycles. The highest BCUT2D eigenvalue weighted by molar-refractivity contribution is 7.07. The molecule has 1 aromatic carbocycles. The number of thiazole rings is 1. The molecule has 0 saturated carbocycles. The van der Waals surface area contributed by atoms with Gasteiger partial charge < -0.3 is 9.64 Å². The highest BCUT2D eigenvalue weighted by Gasteiger charge is 2.25. The van der Waals surface area contributed by atoms with Crippen LogP contribution in [0.1, 0.15) is 28.9 Å². The van der Waals surface area contributed by atoms with Crippen molar-refractivity contribution in [3.05, 3.63) is 40.3 Å². The number of carbonyl (C=O) groups excluding carboxylic acids is 1. The van der Waals surface area contributed by atoms with E-state index in [0.29, 0.717) is 5.69 Å². The SMILES string of the molecule is COc1cccc2c1CCCCN2C(=O)c1cscn1. The van der Waals surface area contributed by atoms with Gasteiger partial charge in [0.25, 0.3) is 5.91 Å². The number of amides is 1. The maximum atomic E-state index is 12.6.